The molecule has 1 heterocycles. The summed E-state index contributed by atoms with van der Waals surface area (Å²) in [6.45, 7) is 3.19. The fraction of sp³-hybridized carbons (Fsp3) is 0.471. The van der Waals surface area contributed by atoms with Gasteiger partial charge >= 0.3 is 0 Å². The van der Waals surface area contributed by atoms with Crippen LogP contribution >= 0.6 is 34.2 Å². The molecule has 1 N–H and O–H groups in total. The molecule has 0 fully saturated rings. The van der Waals surface area contributed by atoms with Crippen molar-refractivity contribution in [1.82, 2.24) is 4.98 Å². The Labute approximate surface area is 144 Å². The monoisotopic (exact) mass is 414 g/mol. The fourth-order valence-electron chi connectivity index (χ4n) is 3.08. The molecule has 1 aromatic heterocycles. The van der Waals surface area contributed by atoms with Crippen molar-refractivity contribution in [3.63, 3.8) is 0 Å². The highest BCUT2D eigenvalue weighted by Crippen LogP contribution is 2.36. The zero-order valence-corrected chi connectivity index (χ0v) is 15.2. The molecular formula is C17H20ClIN2. The largest absolute Gasteiger partial charge is 0.384 e. The molecule has 2 aromatic rings. The Morgan fingerprint density at radius 2 is 2.05 bits per heavy atom. The molecule has 0 spiro atoms. The van der Waals surface area contributed by atoms with Crippen molar-refractivity contribution in [2.75, 3.05) is 11.9 Å². The molecule has 3 rings (SSSR count). The highest BCUT2D eigenvalue weighted by atomic mass is 127. The van der Waals surface area contributed by atoms with Gasteiger partial charge in [-0.3, -0.25) is 4.98 Å². The van der Waals surface area contributed by atoms with Crippen LogP contribution in [0.2, 0.25) is 5.02 Å². The molecule has 0 amide bonds. The van der Waals surface area contributed by atoms with E-state index in [1.165, 1.54) is 41.6 Å². The maximum absolute atomic E-state index is 6.29. The van der Waals surface area contributed by atoms with Gasteiger partial charge in [0.2, 0.25) is 0 Å². The standard InChI is InChI=1S/C17H20ClIN2/c1-2-8-20-16-12-6-4-3-5-7-15(12)21-17-13(16)9-11(18)10-14(17)19/h9-10H,2-8H2,1H3,(H,20,21). The van der Waals surface area contributed by atoms with Crippen LogP contribution in [-0.2, 0) is 12.8 Å². The third kappa shape index (κ3) is 3.14. The Morgan fingerprint density at radius 1 is 1.24 bits per heavy atom. The number of aryl methyl sites for hydroxylation is 1. The zero-order valence-electron chi connectivity index (χ0n) is 12.3. The number of anilines is 1. The van der Waals surface area contributed by atoms with E-state index in [1.54, 1.807) is 0 Å². The number of benzene rings is 1. The maximum Gasteiger partial charge on any atom is 0.0860 e. The molecule has 112 valence electrons. The van der Waals surface area contributed by atoms with E-state index in [1.807, 2.05) is 6.07 Å². The first kappa shape index (κ1) is 15.3. The van der Waals surface area contributed by atoms with Gasteiger partial charge in [0.05, 0.1) is 5.52 Å². The number of rotatable bonds is 3. The summed E-state index contributed by atoms with van der Waals surface area (Å²) < 4.78 is 1.14. The Bertz CT molecular complexity index is 670. The first-order valence-corrected chi connectivity index (χ1v) is 9.20. The van der Waals surface area contributed by atoms with Gasteiger partial charge in [0.25, 0.3) is 0 Å². The van der Waals surface area contributed by atoms with E-state index in [9.17, 15) is 0 Å². The summed E-state index contributed by atoms with van der Waals surface area (Å²) in [6.07, 6.45) is 7.17. The number of hydrogen-bond donors (Lipinski definition) is 1. The molecular weight excluding hydrogens is 395 g/mol. The van der Waals surface area contributed by atoms with E-state index >= 15 is 0 Å². The van der Waals surface area contributed by atoms with Crippen LogP contribution in [0.25, 0.3) is 10.9 Å². The average molecular weight is 415 g/mol. The van der Waals surface area contributed by atoms with E-state index in [2.05, 4.69) is 40.9 Å². The maximum atomic E-state index is 6.29. The third-order valence-corrected chi connectivity index (χ3v) is 5.13. The number of aromatic nitrogens is 1. The molecule has 1 aliphatic carbocycles. The van der Waals surface area contributed by atoms with Crippen LogP contribution in [-0.4, -0.2) is 11.5 Å². The molecule has 4 heteroatoms. The topological polar surface area (TPSA) is 24.9 Å². The van der Waals surface area contributed by atoms with Crippen molar-refractivity contribution >= 4 is 50.8 Å². The predicted octanol–water partition coefficient (Wildman–Crippen LogP) is 5.58. The minimum absolute atomic E-state index is 0.793. The van der Waals surface area contributed by atoms with E-state index in [-0.39, 0.29) is 0 Å². The first-order valence-electron chi connectivity index (χ1n) is 7.75. The van der Waals surface area contributed by atoms with Gasteiger partial charge in [0, 0.05) is 31.9 Å². The number of nitrogens with one attached hydrogen (secondary N) is 1. The minimum Gasteiger partial charge on any atom is -0.384 e. The van der Waals surface area contributed by atoms with E-state index in [0.29, 0.717) is 0 Å². The molecule has 21 heavy (non-hydrogen) atoms. The van der Waals surface area contributed by atoms with Gasteiger partial charge in [0.1, 0.15) is 0 Å². The molecule has 0 aliphatic heterocycles. The Balaban J connectivity index is 2.26. The van der Waals surface area contributed by atoms with Gasteiger partial charge in [-0.25, -0.2) is 0 Å². The van der Waals surface area contributed by atoms with Crippen LogP contribution in [0.3, 0.4) is 0 Å². The van der Waals surface area contributed by atoms with Crippen molar-refractivity contribution in [3.05, 3.63) is 32.0 Å². The Morgan fingerprint density at radius 3 is 2.86 bits per heavy atom. The number of fused-ring (bicyclic) bond motifs is 2. The number of hydrogen-bond acceptors (Lipinski definition) is 2. The Kier molecular flexibility index (Phi) is 4.89. The minimum atomic E-state index is 0.793. The normalized spacial score (nSPS) is 14.8. The lowest BCUT2D eigenvalue weighted by molar-refractivity contribution is 0.709. The average Bonchev–Trinajstić information content (AvgIpc) is 2.69. The first-order chi connectivity index (χ1) is 10.2. The van der Waals surface area contributed by atoms with Crippen LogP contribution in [0.5, 0.6) is 0 Å². The highest BCUT2D eigenvalue weighted by Gasteiger charge is 2.18. The second-order valence-electron chi connectivity index (χ2n) is 5.68. The van der Waals surface area contributed by atoms with Crippen LogP contribution in [0.1, 0.15) is 43.9 Å². The number of nitrogens with zero attached hydrogens (tertiary/aromatic N) is 1. The van der Waals surface area contributed by atoms with Crippen LogP contribution < -0.4 is 5.32 Å². The molecule has 1 aromatic carbocycles. The summed E-state index contributed by atoms with van der Waals surface area (Å²) >= 11 is 8.63. The van der Waals surface area contributed by atoms with Gasteiger partial charge < -0.3 is 5.32 Å². The van der Waals surface area contributed by atoms with Gasteiger partial charge in [-0.15, -0.1) is 0 Å². The van der Waals surface area contributed by atoms with Crippen LogP contribution in [0.4, 0.5) is 5.69 Å². The zero-order chi connectivity index (χ0) is 14.8. The van der Waals surface area contributed by atoms with E-state index < -0.39 is 0 Å². The molecule has 0 saturated carbocycles. The van der Waals surface area contributed by atoms with Gasteiger partial charge in [-0.1, -0.05) is 24.9 Å². The predicted molar refractivity (Wildman–Crippen MR) is 99.5 cm³/mol. The fourth-order valence-corrected chi connectivity index (χ4v) is 4.23. The molecule has 2 nitrogen and oxygen atoms in total. The van der Waals surface area contributed by atoms with Crippen LogP contribution in [0.15, 0.2) is 12.1 Å². The van der Waals surface area contributed by atoms with Gasteiger partial charge in [-0.05, 0) is 72.4 Å². The number of pyridine rings is 1. The third-order valence-electron chi connectivity index (χ3n) is 4.09. The smallest absolute Gasteiger partial charge is 0.0860 e. The van der Waals surface area contributed by atoms with Crippen molar-refractivity contribution in [2.24, 2.45) is 0 Å². The summed E-state index contributed by atoms with van der Waals surface area (Å²) in [5, 5.41) is 5.62. The summed E-state index contributed by atoms with van der Waals surface area (Å²) in [7, 11) is 0. The number of halogens is 2. The van der Waals surface area contributed by atoms with Crippen molar-refractivity contribution < 1.29 is 0 Å². The molecule has 0 radical (unpaired) electrons. The summed E-state index contributed by atoms with van der Waals surface area (Å²) in [6, 6.07) is 4.07. The highest BCUT2D eigenvalue weighted by molar-refractivity contribution is 14.1. The second-order valence-corrected chi connectivity index (χ2v) is 7.28. The van der Waals surface area contributed by atoms with E-state index in [0.717, 1.165) is 39.9 Å². The van der Waals surface area contributed by atoms with Crippen molar-refractivity contribution in [1.29, 1.82) is 0 Å². The van der Waals surface area contributed by atoms with Gasteiger partial charge in [-0.2, -0.15) is 0 Å². The summed E-state index contributed by atoms with van der Waals surface area (Å²) in [4.78, 5) is 4.98. The van der Waals surface area contributed by atoms with Crippen molar-refractivity contribution in [3.8, 4) is 0 Å². The molecule has 0 unspecified atom stereocenters. The van der Waals surface area contributed by atoms with Crippen LogP contribution in [0, 0.1) is 3.57 Å². The Hall–Kier alpha value is -0.550. The molecule has 1 aliphatic rings. The van der Waals surface area contributed by atoms with E-state index in [4.69, 9.17) is 16.6 Å². The van der Waals surface area contributed by atoms with Crippen molar-refractivity contribution in [2.45, 2.75) is 45.4 Å². The lowest BCUT2D eigenvalue weighted by Gasteiger charge is -2.18. The van der Waals surface area contributed by atoms with Gasteiger partial charge in [0.15, 0.2) is 0 Å². The lowest BCUT2D eigenvalue weighted by atomic mass is 10.0. The molecule has 0 atom stereocenters. The second kappa shape index (κ2) is 6.69. The summed E-state index contributed by atoms with van der Waals surface area (Å²) in [5.41, 5.74) is 5.09. The SMILES string of the molecule is CCCNc1c2c(nc3c(I)cc(Cl)cc13)CCCCC2. The lowest BCUT2D eigenvalue weighted by Crippen LogP contribution is -2.08. The quantitative estimate of drug-likeness (QED) is 0.523. The molecule has 0 saturated heterocycles. The molecule has 0 bridgehead atoms. The summed E-state index contributed by atoms with van der Waals surface area (Å²) in [5.74, 6) is 0.